The Labute approximate surface area is 184 Å². The number of hydrogen-bond donors (Lipinski definition) is 0. The van der Waals surface area contributed by atoms with Gasteiger partial charge in [-0.1, -0.05) is 116 Å². The van der Waals surface area contributed by atoms with E-state index in [0.717, 1.165) is 22.4 Å². The lowest BCUT2D eigenvalue weighted by Gasteiger charge is -2.29. The molecule has 2 heteroatoms. The second-order valence-corrected chi connectivity index (χ2v) is 7.30. The third-order valence-electron chi connectivity index (χ3n) is 4.87. The molecule has 4 aromatic carbocycles. The summed E-state index contributed by atoms with van der Waals surface area (Å²) in [5.74, 6) is 0.823. The van der Waals surface area contributed by atoms with Gasteiger partial charge in [-0.05, 0) is 34.4 Å². The van der Waals surface area contributed by atoms with E-state index in [9.17, 15) is 0 Å². The van der Waals surface area contributed by atoms with Gasteiger partial charge in [-0.3, -0.25) is 0 Å². The number of rotatable bonds is 5. The molecule has 1 nitrogen and oxygen atoms in total. The van der Waals surface area contributed by atoms with Crippen molar-refractivity contribution in [3.05, 3.63) is 144 Å². The summed E-state index contributed by atoms with van der Waals surface area (Å²) in [5.41, 5.74) is 4.29. The molecular formula is C28H25ClO. The third-order valence-corrected chi connectivity index (χ3v) is 5.52. The first-order chi connectivity index (χ1) is 14.7. The normalized spacial score (nSPS) is 10.5. The highest BCUT2D eigenvalue weighted by atomic mass is 35.5. The lowest BCUT2D eigenvalue weighted by molar-refractivity contribution is 0.414. The third kappa shape index (κ3) is 5.00. The van der Waals surface area contributed by atoms with E-state index in [1.807, 2.05) is 97.1 Å². The van der Waals surface area contributed by atoms with E-state index < -0.39 is 4.87 Å². The van der Waals surface area contributed by atoms with Gasteiger partial charge < -0.3 is 4.74 Å². The highest BCUT2D eigenvalue weighted by Crippen LogP contribution is 2.43. The Morgan fingerprint density at radius 3 is 1.40 bits per heavy atom. The quantitative estimate of drug-likeness (QED) is 0.243. The number of methoxy groups -OCH3 is 1. The molecule has 0 aliphatic heterocycles. The molecule has 4 aromatic rings. The van der Waals surface area contributed by atoms with Crippen LogP contribution in [0.4, 0.5) is 0 Å². The molecule has 0 aromatic heterocycles. The van der Waals surface area contributed by atoms with Gasteiger partial charge in [0, 0.05) is 0 Å². The van der Waals surface area contributed by atoms with Gasteiger partial charge in [0.15, 0.2) is 0 Å². The standard InChI is InChI=1S/C20H17ClO.C8H8/c1-22-19-14-12-18(13-15-19)20(21,16-8-4-2-5-9-16)17-10-6-3-7-11-17;1-2-8-6-4-3-5-7-8/h2-15H,1H3;2-7H,1H2. The van der Waals surface area contributed by atoms with Crippen molar-refractivity contribution in [1.29, 1.82) is 0 Å². The van der Waals surface area contributed by atoms with Gasteiger partial charge in [-0.15, -0.1) is 11.6 Å². The highest BCUT2D eigenvalue weighted by molar-refractivity contribution is 6.28. The fourth-order valence-electron chi connectivity index (χ4n) is 3.25. The van der Waals surface area contributed by atoms with Crippen molar-refractivity contribution in [2.75, 3.05) is 7.11 Å². The second kappa shape index (κ2) is 10.5. The second-order valence-electron chi connectivity index (χ2n) is 6.73. The molecule has 0 aliphatic rings. The molecule has 0 saturated carbocycles. The lowest BCUT2D eigenvalue weighted by Crippen LogP contribution is -2.22. The smallest absolute Gasteiger partial charge is 0.119 e. The average molecular weight is 413 g/mol. The van der Waals surface area contributed by atoms with E-state index in [0.29, 0.717) is 0 Å². The summed E-state index contributed by atoms with van der Waals surface area (Å²) in [6, 6.07) is 38.2. The van der Waals surface area contributed by atoms with Gasteiger partial charge in [-0.25, -0.2) is 0 Å². The van der Waals surface area contributed by atoms with Crippen LogP contribution in [0, 0.1) is 0 Å². The number of benzene rings is 4. The van der Waals surface area contributed by atoms with Gasteiger partial charge in [0.2, 0.25) is 0 Å². The molecule has 0 amide bonds. The van der Waals surface area contributed by atoms with Crippen LogP contribution in [0.2, 0.25) is 0 Å². The summed E-state index contributed by atoms with van der Waals surface area (Å²) in [5, 5.41) is 0. The van der Waals surface area contributed by atoms with Crippen LogP contribution in [0.5, 0.6) is 5.75 Å². The van der Waals surface area contributed by atoms with Crippen LogP contribution in [0.25, 0.3) is 6.08 Å². The molecule has 30 heavy (non-hydrogen) atoms. The zero-order valence-corrected chi connectivity index (χ0v) is 17.8. The van der Waals surface area contributed by atoms with Crippen molar-refractivity contribution in [2.45, 2.75) is 4.87 Å². The molecule has 0 spiro atoms. The predicted molar refractivity (Wildman–Crippen MR) is 128 cm³/mol. The number of hydrogen-bond acceptors (Lipinski definition) is 1. The van der Waals surface area contributed by atoms with Crippen molar-refractivity contribution in [2.24, 2.45) is 0 Å². The summed E-state index contributed by atoms with van der Waals surface area (Å²) in [6.45, 7) is 3.63. The summed E-state index contributed by atoms with van der Waals surface area (Å²) < 4.78 is 5.25. The Morgan fingerprint density at radius 2 is 1.03 bits per heavy atom. The van der Waals surface area contributed by atoms with E-state index in [2.05, 4.69) is 30.8 Å². The monoisotopic (exact) mass is 412 g/mol. The van der Waals surface area contributed by atoms with Crippen molar-refractivity contribution >= 4 is 17.7 Å². The van der Waals surface area contributed by atoms with Crippen molar-refractivity contribution in [1.82, 2.24) is 0 Å². The Hall–Kier alpha value is -3.29. The molecular weight excluding hydrogens is 388 g/mol. The molecule has 0 N–H and O–H groups in total. The minimum atomic E-state index is -0.714. The Bertz CT molecular complexity index is 987. The maximum atomic E-state index is 7.17. The van der Waals surface area contributed by atoms with E-state index >= 15 is 0 Å². The first-order valence-electron chi connectivity index (χ1n) is 9.80. The Kier molecular flexibility index (Phi) is 7.48. The number of halogens is 1. The van der Waals surface area contributed by atoms with E-state index in [-0.39, 0.29) is 0 Å². The van der Waals surface area contributed by atoms with Crippen LogP contribution >= 0.6 is 11.6 Å². The van der Waals surface area contributed by atoms with Crippen LogP contribution in [0.1, 0.15) is 22.3 Å². The number of ether oxygens (including phenoxy) is 1. The fraction of sp³-hybridized carbons (Fsp3) is 0.0714. The topological polar surface area (TPSA) is 9.23 Å². The molecule has 0 heterocycles. The minimum absolute atomic E-state index is 0.714. The summed E-state index contributed by atoms with van der Waals surface area (Å²) in [4.78, 5) is -0.714. The van der Waals surface area contributed by atoms with Gasteiger partial charge >= 0.3 is 0 Å². The van der Waals surface area contributed by atoms with Gasteiger partial charge in [0.05, 0.1) is 7.11 Å². The van der Waals surface area contributed by atoms with Gasteiger partial charge in [-0.2, -0.15) is 0 Å². The van der Waals surface area contributed by atoms with Crippen LogP contribution in [0.3, 0.4) is 0 Å². The first kappa shape index (κ1) is 21.4. The van der Waals surface area contributed by atoms with Crippen molar-refractivity contribution in [3.63, 3.8) is 0 Å². The summed E-state index contributed by atoms with van der Waals surface area (Å²) >= 11 is 7.17. The van der Waals surface area contributed by atoms with Crippen LogP contribution in [-0.2, 0) is 4.87 Å². The maximum Gasteiger partial charge on any atom is 0.119 e. The zero-order valence-electron chi connectivity index (χ0n) is 17.0. The van der Waals surface area contributed by atoms with Gasteiger partial charge in [0.1, 0.15) is 10.6 Å². The highest BCUT2D eigenvalue weighted by Gasteiger charge is 2.33. The molecule has 0 radical (unpaired) electrons. The molecule has 0 saturated heterocycles. The lowest BCUT2D eigenvalue weighted by atomic mass is 9.84. The van der Waals surface area contributed by atoms with Crippen LogP contribution in [0.15, 0.2) is 122 Å². The zero-order chi connectivity index (χ0) is 21.2. The maximum absolute atomic E-state index is 7.17. The first-order valence-corrected chi connectivity index (χ1v) is 10.2. The largest absolute Gasteiger partial charge is 0.497 e. The van der Waals surface area contributed by atoms with E-state index in [4.69, 9.17) is 16.3 Å². The molecule has 4 rings (SSSR count). The average Bonchev–Trinajstić information content (AvgIpc) is 2.85. The minimum Gasteiger partial charge on any atom is -0.497 e. The van der Waals surface area contributed by atoms with Crippen molar-refractivity contribution < 1.29 is 4.74 Å². The molecule has 150 valence electrons. The van der Waals surface area contributed by atoms with Crippen molar-refractivity contribution in [3.8, 4) is 5.75 Å². The van der Waals surface area contributed by atoms with Gasteiger partial charge in [0.25, 0.3) is 0 Å². The molecule has 0 fully saturated rings. The van der Waals surface area contributed by atoms with E-state index in [1.165, 1.54) is 5.56 Å². The van der Waals surface area contributed by atoms with E-state index in [1.54, 1.807) is 7.11 Å². The fourth-order valence-corrected chi connectivity index (χ4v) is 3.62. The Balaban J connectivity index is 0.000000269. The summed E-state index contributed by atoms with van der Waals surface area (Å²) in [6.07, 6.45) is 1.83. The van der Waals surface area contributed by atoms with Crippen LogP contribution < -0.4 is 4.74 Å². The molecule has 0 unspecified atom stereocenters. The summed E-state index contributed by atoms with van der Waals surface area (Å²) in [7, 11) is 1.66. The molecule has 0 aliphatic carbocycles. The molecule has 0 bridgehead atoms. The number of alkyl halides is 1. The predicted octanol–water partition coefficient (Wildman–Crippen LogP) is 7.56. The SMILES string of the molecule is C=Cc1ccccc1.COc1ccc(C(Cl)(c2ccccc2)c2ccccc2)cc1. The molecule has 0 atom stereocenters. The van der Waals surface area contributed by atoms with Crippen LogP contribution in [-0.4, -0.2) is 7.11 Å². The Morgan fingerprint density at radius 1 is 0.633 bits per heavy atom.